The maximum Gasteiger partial charge on any atom is 0.130 e. The van der Waals surface area contributed by atoms with Gasteiger partial charge in [-0.2, -0.15) is 10.5 Å². The highest BCUT2D eigenvalue weighted by Crippen LogP contribution is 2.39. The molecule has 0 spiro atoms. The molecule has 1 aliphatic heterocycles. The van der Waals surface area contributed by atoms with Gasteiger partial charge in [-0.05, 0) is 57.0 Å². The molecule has 21 heavy (non-hydrogen) atoms. The van der Waals surface area contributed by atoms with Crippen molar-refractivity contribution in [1.29, 1.82) is 10.5 Å². The lowest BCUT2D eigenvalue weighted by Crippen LogP contribution is -2.44. The van der Waals surface area contributed by atoms with Gasteiger partial charge in [-0.25, -0.2) is 0 Å². The van der Waals surface area contributed by atoms with E-state index in [4.69, 9.17) is 10.5 Å². The summed E-state index contributed by atoms with van der Waals surface area (Å²) in [6, 6.07) is 9.89. The highest BCUT2D eigenvalue weighted by atomic mass is 15.2. The zero-order valence-electron chi connectivity index (χ0n) is 12.9. The normalized spacial score (nSPS) is 15.3. The van der Waals surface area contributed by atoms with Gasteiger partial charge in [-0.3, -0.25) is 0 Å². The van der Waals surface area contributed by atoms with Crippen molar-refractivity contribution >= 4 is 17.3 Å². The van der Waals surface area contributed by atoms with E-state index in [9.17, 15) is 0 Å². The number of likely N-dealkylation sites (N-methyl/N-ethyl adjacent to an activating group) is 1. The fourth-order valence-electron chi connectivity index (χ4n) is 3.02. The first kappa shape index (κ1) is 14.9. The average molecular weight is 277 g/mol. The molecule has 0 aromatic heterocycles. The van der Waals surface area contributed by atoms with E-state index in [-0.39, 0.29) is 11.1 Å². The number of nitriles is 2. The summed E-state index contributed by atoms with van der Waals surface area (Å²) in [6.07, 6.45) is 3.89. The second-order valence-electron chi connectivity index (χ2n) is 5.78. The van der Waals surface area contributed by atoms with Gasteiger partial charge in [-0.1, -0.05) is 12.1 Å². The van der Waals surface area contributed by atoms with E-state index in [2.05, 4.69) is 44.7 Å². The van der Waals surface area contributed by atoms with Gasteiger partial charge < -0.3 is 4.90 Å². The van der Waals surface area contributed by atoms with Crippen molar-refractivity contribution in [3.05, 3.63) is 41.0 Å². The van der Waals surface area contributed by atoms with Crippen LogP contribution in [0.15, 0.2) is 29.8 Å². The molecule has 0 radical (unpaired) electrons. The van der Waals surface area contributed by atoms with E-state index in [1.165, 1.54) is 16.8 Å². The fraction of sp³-hybridized carbons (Fsp3) is 0.333. The maximum absolute atomic E-state index is 8.87. The first-order chi connectivity index (χ1) is 9.92. The van der Waals surface area contributed by atoms with Crippen LogP contribution in [0.2, 0.25) is 0 Å². The summed E-state index contributed by atoms with van der Waals surface area (Å²) in [5.74, 6) is 0. The second-order valence-corrected chi connectivity index (χ2v) is 5.78. The van der Waals surface area contributed by atoms with Crippen molar-refractivity contribution in [3.8, 4) is 12.1 Å². The highest BCUT2D eigenvalue weighted by molar-refractivity contribution is 5.83. The minimum atomic E-state index is -0.00629. The summed E-state index contributed by atoms with van der Waals surface area (Å²) in [6.45, 7) is 9.61. The summed E-state index contributed by atoms with van der Waals surface area (Å²) >= 11 is 0. The minimum Gasteiger partial charge on any atom is -0.363 e. The summed E-state index contributed by atoms with van der Waals surface area (Å²) < 4.78 is 0. The topological polar surface area (TPSA) is 50.8 Å². The van der Waals surface area contributed by atoms with E-state index in [1.54, 1.807) is 6.08 Å². The molecular formula is C18H19N3. The third-order valence-electron chi connectivity index (χ3n) is 3.87. The Morgan fingerprint density at radius 1 is 1.29 bits per heavy atom. The predicted octanol–water partition coefficient (Wildman–Crippen LogP) is 4.14. The van der Waals surface area contributed by atoms with Crippen LogP contribution in [0.1, 0.15) is 38.8 Å². The Labute approximate surface area is 126 Å². The number of rotatable bonds is 2. The minimum absolute atomic E-state index is 0.00629. The van der Waals surface area contributed by atoms with Crippen LogP contribution >= 0.6 is 0 Å². The molecule has 0 fully saturated rings. The third-order valence-corrected chi connectivity index (χ3v) is 3.87. The van der Waals surface area contributed by atoms with Crippen LogP contribution < -0.4 is 4.90 Å². The largest absolute Gasteiger partial charge is 0.363 e. The van der Waals surface area contributed by atoms with E-state index in [0.717, 1.165) is 12.1 Å². The molecule has 0 unspecified atom stereocenters. The Morgan fingerprint density at radius 3 is 2.52 bits per heavy atom. The van der Waals surface area contributed by atoms with Gasteiger partial charge in [-0.15, -0.1) is 0 Å². The van der Waals surface area contributed by atoms with E-state index in [0.29, 0.717) is 0 Å². The van der Waals surface area contributed by atoms with Gasteiger partial charge in [0.15, 0.2) is 0 Å². The zero-order chi connectivity index (χ0) is 15.6. The molecule has 1 aromatic carbocycles. The Bertz CT molecular complexity index is 693. The smallest absolute Gasteiger partial charge is 0.130 e. The number of allylic oxidation sites excluding steroid dienone is 2. The molecule has 1 heterocycles. The summed E-state index contributed by atoms with van der Waals surface area (Å²) in [5.41, 5.74) is 4.60. The van der Waals surface area contributed by atoms with Gasteiger partial charge in [0.1, 0.15) is 17.7 Å². The standard InChI is InChI=1S/C18H19N3/c1-5-21-17-7-6-14(8-15(11-19)12-20)9-16(17)13(2)10-18(21,3)4/h6-10H,5H2,1-4H3. The molecule has 0 saturated carbocycles. The highest BCUT2D eigenvalue weighted by Gasteiger charge is 2.29. The molecule has 0 N–H and O–H groups in total. The molecule has 3 heteroatoms. The Morgan fingerprint density at radius 2 is 1.95 bits per heavy atom. The van der Waals surface area contributed by atoms with Crippen LogP contribution in [0.25, 0.3) is 11.6 Å². The van der Waals surface area contributed by atoms with Gasteiger partial charge in [0, 0.05) is 17.8 Å². The van der Waals surface area contributed by atoms with E-state index in [1.807, 2.05) is 24.3 Å². The summed E-state index contributed by atoms with van der Waals surface area (Å²) in [5, 5.41) is 17.7. The molecule has 0 bridgehead atoms. The lowest BCUT2D eigenvalue weighted by molar-refractivity contribution is 0.566. The number of benzene rings is 1. The quantitative estimate of drug-likeness (QED) is 0.763. The van der Waals surface area contributed by atoms with Crippen LogP contribution in [0.5, 0.6) is 0 Å². The molecule has 1 aromatic rings. The van der Waals surface area contributed by atoms with Crippen molar-refractivity contribution in [2.75, 3.05) is 11.4 Å². The van der Waals surface area contributed by atoms with E-state index < -0.39 is 0 Å². The molecule has 1 aliphatic rings. The molecule has 0 aliphatic carbocycles. The van der Waals surface area contributed by atoms with Crippen LogP contribution in [0, 0.1) is 22.7 Å². The first-order valence-electron chi connectivity index (χ1n) is 7.06. The number of fused-ring (bicyclic) bond motifs is 1. The fourth-order valence-corrected chi connectivity index (χ4v) is 3.02. The molecule has 3 nitrogen and oxygen atoms in total. The van der Waals surface area contributed by atoms with Crippen molar-refractivity contribution in [1.82, 2.24) is 0 Å². The number of anilines is 1. The van der Waals surface area contributed by atoms with Crippen molar-refractivity contribution in [2.24, 2.45) is 0 Å². The monoisotopic (exact) mass is 277 g/mol. The van der Waals surface area contributed by atoms with Crippen molar-refractivity contribution in [2.45, 2.75) is 33.2 Å². The lowest BCUT2D eigenvalue weighted by atomic mass is 9.88. The summed E-state index contributed by atoms with van der Waals surface area (Å²) in [4.78, 5) is 2.36. The van der Waals surface area contributed by atoms with Crippen molar-refractivity contribution in [3.63, 3.8) is 0 Å². The van der Waals surface area contributed by atoms with Gasteiger partial charge >= 0.3 is 0 Å². The van der Waals surface area contributed by atoms with Gasteiger partial charge in [0.05, 0.1) is 5.54 Å². The molecule has 0 amide bonds. The molecule has 106 valence electrons. The number of hydrogen-bond acceptors (Lipinski definition) is 3. The van der Waals surface area contributed by atoms with Crippen LogP contribution in [-0.2, 0) is 0 Å². The third kappa shape index (κ3) is 2.69. The molecule has 0 saturated heterocycles. The molecule has 2 rings (SSSR count). The van der Waals surface area contributed by atoms with Crippen LogP contribution in [-0.4, -0.2) is 12.1 Å². The van der Waals surface area contributed by atoms with Crippen LogP contribution in [0.3, 0.4) is 0 Å². The SMILES string of the molecule is CCN1c2ccc(C=C(C#N)C#N)cc2C(C)=CC1(C)C. The zero-order valence-corrected chi connectivity index (χ0v) is 12.9. The Kier molecular flexibility index (Phi) is 3.87. The Hall–Kier alpha value is -2.52. The van der Waals surface area contributed by atoms with E-state index >= 15 is 0 Å². The predicted molar refractivity (Wildman–Crippen MR) is 86.4 cm³/mol. The Balaban J connectivity index is 2.57. The number of hydrogen-bond donors (Lipinski definition) is 0. The second kappa shape index (κ2) is 5.46. The maximum atomic E-state index is 8.87. The first-order valence-corrected chi connectivity index (χ1v) is 7.06. The number of nitrogens with zero attached hydrogens (tertiary/aromatic N) is 3. The molecule has 0 atom stereocenters. The van der Waals surface area contributed by atoms with Gasteiger partial charge in [0.25, 0.3) is 0 Å². The van der Waals surface area contributed by atoms with Crippen LogP contribution in [0.4, 0.5) is 5.69 Å². The lowest BCUT2D eigenvalue weighted by Gasteiger charge is -2.42. The summed E-state index contributed by atoms with van der Waals surface area (Å²) in [7, 11) is 0. The average Bonchev–Trinajstić information content (AvgIpc) is 2.44. The molecular weight excluding hydrogens is 258 g/mol. The van der Waals surface area contributed by atoms with Crippen molar-refractivity contribution < 1.29 is 0 Å². The van der Waals surface area contributed by atoms with Gasteiger partial charge in [0.2, 0.25) is 0 Å².